The van der Waals surface area contributed by atoms with Crippen molar-refractivity contribution in [3.8, 4) is 0 Å². The molecule has 0 saturated carbocycles. The van der Waals surface area contributed by atoms with Gasteiger partial charge in [-0.25, -0.2) is 0 Å². The molecule has 1 unspecified atom stereocenters. The Morgan fingerprint density at radius 1 is 1.23 bits per heavy atom. The number of hydrogen-bond acceptors (Lipinski definition) is 2. The van der Waals surface area contributed by atoms with Crippen LogP contribution < -0.4 is 10.6 Å². The molecule has 1 saturated heterocycles. The summed E-state index contributed by atoms with van der Waals surface area (Å²) in [5, 5.41) is 6.31. The van der Waals surface area contributed by atoms with E-state index < -0.39 is 0 Å². The summed E-state index contributed by atoms with van der Waals surface area (Å²) in [5.41, 5.74) is 1.37. The quantitative estimate of drug-likeness (QED) is 0.607. The fourth-order valence-corrected chi connectivity index (χ4v) is 3.69. The molecule has 5 heteroatoms. The summed E-state index contributed by atoms with van der Waals surface area (Å²) in [6, 6.07) is 10.7. The van der Waals surface area contributed by atoms with Gasteiger partial charge in [-0.3, -0.25) is 9.79 Å². The molecule has 5 nitrogen and oxygen atoms in total. The van der Waals surface area contributed by atoms with Crippen LogP contribution in [0.25, 0.3) is 0 Å². The molecule has 1 aliphatic heterocycles. The Bertz CT molecular complexity index is 577. The van der Waals surface area contributed by atoms with Crippen LogP contribution in [0, 0.1) is 11.8 Å². The molecule has 1 heterocycles. The number of likely N-dealkylation sites (tertiary alicyclic amines) is 1. The van der Waals surface area contributed by atoms with Crippen LogP contribution in [0.1, 0.15) is 44.6 Å². The highest BCUT2D eigenvalue weighted by Crippen LogP contribution is 2.24. The molecule has 0 spiro atoms. The van der Waals surface area contributed by atoms with E-state index in [1.807, 2.05) is 7.05 Å². The van der Waals surface area contributed by atoms with Crippen LogP contribution in [0.3, 0.4) is 0 Å². The molecule has 1 amide bonds. The standard InChI is InChI=1S/C21H34N4O/c1-16(2)19(18-8-6-5-7-9-18)15-24-21(23-4)25-12-10-17(11-13-25)14-20(26)22-3/h5-9,16-17,19H,10-15H2,1-4H3,(H,22,26)(H,23,24). The molecule has 1 aromatic rings. The normalized spacial score (nSPS) is 17.3. The average Bonchev–Trinajstić information content (AvgIpc) is 2.66. The van der Waals surface area contributed by atoms with E-state index in [-0.39, 0.29) is 5.91 Å². The first kappa shape index (κ1) is 20.3. The van der Waals surface area contributed by atoms with Crippen LogP contribution in [0.2, 0.25) is 0 Å². The SMILES string of the molecule is CN=C(NCC(c1ccccc1)C(C)C)N1CCC(CC(=O)NC)CC1. The van der Waals surface area contributed by atoms with E-state index in [1.54, 1.807) is 7.05 Å². The molecule has 0 aromatic heterocycles. The van der Waals surface area contributed by atoms with Gasteiger partial charge in [0.05, 0.1) is 0 Å². The number of nitrogens with zero attached hydrogens (tertiary/aromatic N) is 2. The smallest absolute Gasteiger partial charge is 0.220 e. The molecule has 0 radical (unpaired) electrons. The van der Waals surface area contributed by atoms with E-state index in [9.17, 15) is 4.79 Å². The van der Waals surface area contributed by atoms with Crippen molar-refractivity contribution in [2.75, 3.05) is 33.7 Å². The van der Waals surface area contributed by atoms with E-state index in [2.05, 4.69) is 64.7 Å². The second-order valence-corrected chi connectivity index (χ2v) is 7.50. The molecule has 26 heavy (non-hydrogen) atoms. The molecular weight excluding hydrogens is 324 g/mol. The Kier molecular flexibility index (Phi) is 7.95. The topological polar surface area (TPSA) is 56.7 Å². The van der Waals surface area contributed by atoms with E-state index in [4.69, 9.17) is 0 Å². The van der Waals surface area contributed by atoms with Gasteiger partial charge in [-0.05, 0) is 30.2 Å². The zero-order valence-electron chi connectivity index (χ0n) is 16.7. The third-order valence-corrected chi connectivity index (χ3v) is 5.39. The maximum Gasteiger partial charge on any atom is 0.220 e. The van der Waals surface area contributed by atoms with Gasteiger partial charge in [-0.2, -0.15) is 0 Å². The summed E-state index contributed by atoms with van der Waals surface area (Å²) >= 11 is 0. The minimum atomic E-state index is 0.147. The maximum atomic E-state index is 11.6. The molecule has 2 N–H and O–H groups in total. The summed E-state index contributed by atoms with van der Waals surface area (Å²) in [4.78, 5) is 18.4. The molecule has 2 rings (SSSR count). The van der Waals surface area contributed by atoms with Crippen LogP contribution in [-0.4, -0.2) is 50.5 Å². The fraction of sp³-hybridized carbons (Fsp3) is 0.619. The van der Waals surface area contributed by atoms with Gasteiger partial charge in [0, 0.05) is 46.1 Å². The summed E-state index contributed by atoms with van der Waals surface area (Å²) in [7, 11) is 3.56. The number of guanidine groups is 1. The predicted octanol–water partition coefficient (Wildman–Crippen LogP) is 2.85. The molecule has 1 aliphatic rings. The largest absolute Gasteiger partial charge is 0.359 e. The second-order valence-electron chi connectivity index (χ2n) is 7.50. The van der Waals surface area contributed by atoms with Crippen molar-refractivity contribution in [1.82, 2.24) is 15.5 Å². The zero-order valence-corrected chi connectivity index (χ0v) is 16.7. The van der Waals surface area contributed by atoms with Gasteiger partial charge in [0.2, 0.25) is 5.91 Å². The highest BCUT2D eigenvalue weighted by molar-refractivity contribution is 5.80. The molecule has 0 bridgehead atoms. The maximum absolute atomic E-state index is 11.6. The van der Waals surface area contributed by atoms with E-state index >= 15 is 0 Å². The second kappa shape index (κ2) is 10.2. The molecule has 1 atom stereocenters. The van der Waals surface area contributed by atoms with Crippen molar-refractivity contribution in [2.45, 2.75) is 39.0 Å². The van der Waals surface area contributed by atoms with Gasteiger partial charge in [-0.1, -0.05) is 44.2 Å². The number of hydrogen-bond donors (Lipinski definition) is 2. The van der Waals surface area contributed by atoms with Gasteiger partial charge >= 0.3 is 0 Å². The Morgan fingerprint density at radius 2 is 1.88 bits per heavy atom. The van der Waals surface area contributed by atoms with E-state index in [0.717, 1.165) is 38.4 Å². The van der Waals surface area contributed by atoms with Gasteiger partial charge in [0.1, 0.15) is 0 Å². The van der Waals surface area contributed by atoms with Crippen LogP contribution in [0.5, 0.6) is 0 Å². The number of carbonyl (C=O) groups is 1. The van der Waals surface area contributed by atoms with Gasteiger partial charge < -0.3 is 15.5 Å². The van der Waals surface area contributed by atoms with Gasteiger partial charge in [0.15, 0.2) is 5.96 Å². The highest BCUT2D eigenvalue weighted by Gasteiger charge is 2.24. The summed E-state index contributed by atoms with van der Waals surface area (Å²) in [6.07, 6.45) is 2.72. The number of piperidine rings is 1. The van der Waals surface area contributed by atoms with Crippen molar-refractivity contribution in [2.24, 2.45) is 16.8 Å². The lowest BCUT2D eigenvalue weighted by atomic mass is 9.88. The first-order valence-corrected chi connectivity index (χ1v) is 9.76. The molecular formula is C21H34N4O. The van der Waals surface area contributed by atoms with E-state index in [1.165, 1.54) is 5.56 Å². The van der Waals surface area contributed by atoms with Crippen molar-refractivity contribution < 1.29 is 4.79 Å². The number of benzene rings is 1. The first-order chi connectivity index (χ1) is 12.5. The number of amides is 1. The van der Waals surface area contributed by atoms with Crippen LogP contribution >= 0.6 is 0 Å². The fourth-order valence-electron chi connectivity index (χ4n) is 3.69. The van der Waals surface area contributed by atoms with Crippen molar-refractivity contribution in [1.29, 1.82) is 0 Å². The van der Waals surface area contributed by atoms with Gasteiger partial charge in [0.25, 0.3) is 0 Å². The van der Waals surface area contributed by atoms with Crippen molar-refractivity contribution >= 4 is 11.9 Å². The Balaban J connectivity index is 1.88. The molecule has 1 fully saturated rings. The third kappa shape index (κ3) is 5.75. The van der Waals surface area contributed by atoms with E-state index in [0.29, 0.717) is 24.2 Å². The molecule has 1 aromatic carbocycles. The van der Waals surface area contributed by atoms with Crippen LogP contribution in [0.15, 0.2) is 35.3 Å². The van der Waals surface area contributed by atoms with Crippen molar-refractivity contribution in [3.05, 3.63) is 35.9 Å². The number of nitrogens with one attached hydrogen (secondary N) is 2. The first-order valence-electron chi connectivity index (χ1n) is 9.76. The minimum Gasteiger partial charge on any atom is -0.359 e. The van der Waals surface area contributed by atoms with Gasteiger partial charge in [-0.15, -0.1) is 0 Å². The number of rotatable bonds is 6. The number of carbonyl (C=O) groups excluding carboxylic acids is 1. The Labute approximate surface area is 158 Å². The Morgan fingerprint density at radius 3 is 2.42 bits per heavy atom. The lowest BCUT2D eigenvalue weighted by molar-refractivity contribution is -0.121. The lowest BCUT2D eigenvalue weighted by Gasteiger charge is -2.35. The van der Waals surface area contributed by atoms with Crippen LogP contribution in [0.4, 0.5) is 0 Å². The summed E-state index contributed by atoms with van der Waals surface area (Å²) in [6.45, 7) is 7.34. The molecule has 0 aliphatic carbocycles. The summed E-state index contributed by atoms with van der Waals surface area (Å²) < 4.78 is 0. The summed E-state index contributed by atoms with van der Waals surface area (Å²) in [5.74, 6) is 2.62. The predicted molar refractivity (Wildman–Crippen MR) is 108 cm³/mol. The average molecular weight is 359 g/mol. The van der Waals surface area contributed by atoms with Crippen LogP contribution in [-0.2, 0) is 4.79 Å². The highest BCUT2D eigenvalue weighted by atomic mass is 16.1. The third-order valence-electron chi connectivity index (χ3n) is 5.39. The molecule has 144 valence electrons. The van der Waals surface area contributed by atoms with Crippen molar-refractivity contribution in [3.63, 3.8) is 0 Å². The monoisotopic (exact) mass is 358 g/mol. The minimum absolute atomic E-state index is 0.147. The lowest BCUT2D eigenvalue weighted by Crippen LogP contribution is -2.47. The zero-order chi connectivity index (χ0) is 18.9. The number of aliphatic imine (C=N–C) groups is 1. The Hall–Kier alpha value is -2.04.